The molecule has 0 spiro atoms. The number of rotatable bonds is 2. The van der Waals surface area contributed by atoms with Crippen molar-refractivity contribution in [3.63, 3.8) is 0 Å². The van der Waals surface area contributed by atoms with Gasteiger partial charge < -0.3 is 14.2 Å². The number of hydrogen-bond donors (Lipinski definition) is 0. The Hall–Kier alpha value is -2.38. The first kappa shape index (κ1) is 11.7. The van der Waals surface area contributed by atoms with E-state index in [1.54, 1.807) is 36.4 Å². The Morgan fingerprint density at radius 2 is 2.00 bits per heavy atom. The van der Waals surface area contributed by atoms with E-state index in [1.165, 1.54) is 0 Å². The number of nitrogens with zero attached hydrogens (tertiary/aromatic N) is 1. The Labute approximate surface area is 114 Å². The molecule has 0 aliphatic carbocycles. The molecule has 0 aromatic heterocycles. The van der Waals surface area contributed by atoms with Crippen LogP contribution in [-0.4, -0.2) is 6.79 Å². The molecule has 0 unspecified atom stereocenters. The maximum absolute atomic E-state index is 9.07. The van der Waals surface area contributed by atoms with Gasteiger partial charge in [-0.3, -0.25) is 0 Å². The predicted molar refractivity (Wildman–Crippen MR) is 68.8 cm³/mol. The van der Waals surface area contributed by atoms with Crippen LogP contribution in [0.5, 0.6) is 23.0 Å². The van der Waals surface area contributed by atoms with Gasteiger partial charge in [-0.2, -0.15) is 5.26 Å². The fourth-order valence-electron chi connectivity index (χ4n) is 1.77. The number of benzene rings is 2. The SMILES string of the molecule is N#Cc1c(Cl)cccc1Oc1ccc2c(c1)OCO2. The van der Waals surface area contributed by atoms with Crippen LogP contribution in [0.15, 0.2) is 36.4 Å². The van der Waals surface area contributed by atoms with Gasteiger partial charge >= 0.3 is 0 Å². The lowest BCUT2D eigenvalue weighted by atomic mass is 10.2. The molecule has 1 aliphatic heterocycles. The Balaban J connectivity index is 1.94. The van der Waals surface area contributed by atoms with E-state index in [9.17, 15) is 0 Å². The molecule has 2 aromatic carbocycles. The molecule has 0 fully saturated rings. The highest BCUT2D eigenvalue weighted by molar-refractivity contribution is 6.31. The molecule has 0 saturated carbocycles. The van der Waals surface area contributed by atoms with E-state index in [0.29, 0.717) is 33.6 Å². The summed E-state index contributed by atoms with van der Waals surface area (Å²) in [4.78, 5) is 0. The van der Waals surface area contributed by atoms with Crippen molar-refractivity contribution in [3.05, 3.63) is 47.0 Å². The number of nitriles is 1. The standard InChI is InChI=1S/C14H8ClNO3/c15-11-2-1-3-12(10(11)7-16)19-9-4-5-13-14(6-9)18-8-17-13/h1-6H,8H2. The maximum atomic E-state index is 9.07. The number of ether oxygens (including phenoxy) is 3. The topological polar surface area (TPSA) is 51.5 Å². The molecule has 0 amide bonds. The van der Waals surface area contributed by atoms with Crippen LogP contribution in [0.2, 0.25) is 5.02 Å². The van der Waals surface area contributed by atoms with Crippen molar-refractivity contribution < 1.29 is 14.2 Å². The summed E-state index contributed by atoms with van der Waals surface area (Å²) < 4.78 is 16.1. The first-order valence-corrected chi connectivity index (χ1v) is 5.92. The third-order valence-corrected chi connectivity index (χ3v) is 2.97. The average Bonchev–Trinajstić information content (AvgIpc) is 2.86. The van der Waals surface area contributed by atoms with E-state index >= 15 is 0 Å². The molecule has 0 saturated heterocycles. The van der Waals surface area contributed by atoms with Crippen molar-refractivity contribution in [2.75, 3.05) is 6.79 Å². The van der Waals surface area contributed by atoms with Crippen molar-refractivity contribution in [1.82, 2.24) is 0 Å². The van der Waals surface area contributed by atoms with Crippen LogP contribution in [0, 0.1) is 11.3 Å². The Morgan fingerprint density at radius 3 is 2.84 bits per heavy atom. The van der Waals surface area contributed by atoms with Crippen molar-refractivity contribution in [2.24, 2.45) is 0 Å². The molecular formula is C14H8ClNO3. The molecule has 94 valence electrons. The Kier molecular flexibility index (Phi) is 2.90. The van der Waals surface area contributed by atoms with Crippen molar-refractivity contribution in [1.29, 1.82) is 5.26 Å². The molecule has 5 heteroatoms. The number of halogens is 1. The average molecular weight is 274 g/mol. The highest BCUT2D eigenvalue weighted by atomic mass is 35.5. The summed E-state index contributed by atoms with van der Waals surface area (Å²) in [5.74, 6) is 2.27. The summed E-state index contributed by atoms with van der Waals surface area (Å²) in [6.07, 6.45) is 0. The number of hydrogen-bond acceptors (Lipinski definition) is 4. The minimum absolute atomic E-state index is 0.208. The minimum Gasteiger partial charge on any atom is -0.456 e. The van der Waals surface area contributed by atoms with Crippen LogP contribution < -0.4 is 14.2 Å². The molecule has 0 atom stereocenters. The van der Waals surface area contributed by atoms with Crippen LogP contribution in [0.1, 0.15) is 5.56 Å². The van der Waals surface area contributed by atoms with E-state index < -0.39 is 0 Å². The molecule has 0 radical (unpaired) electrons. The summed E-state index contributed by atoms with van der Waals surface area (Å²) in [5.41, 5.74) is 0.307. The highest BCUT2D eigenvalue weighted by Crippen LogP contribution is 2.37. The van der Waals surface area contributed by atoms with Gasteiger partial charge in [-0.05, 0) is 24.3 Å². The van der Waals surface area contributed by atoms with E-state index in [0.717, 1.165) is 0 Å². The van der Waals surface area contributed by atoms with Crippen LogP contribution >= 0.6 is 11.6 Å². The summed E-state index contributed by atoms with van der Waals surface area (Å²) >= 11 is 5.94. The van der Waals surface area contributed by atoms with Gasteiger partial charge in [-0.15, -0.1) is 0 Å². The lowest BCUT2D eigenvalue weighted by molar-refractivity contribution is 0.174. The summed E-state index contributed by atoms with van der Waals surface area (Å²) in [6.45, 7) is 0.208. The van der Waals surface area contributed by atoms with E-state index in [1.807, 2.05) is 6.07 Å². The second-order valence-electron chi connectivity index (χ2n) is 3.84. The van der Waals surface area contributed by atoms with Gasteiger partial charge in [-0.1, -0.05) is 17.7 Å². The molecule has 1 heterocycles. The molecular weight excluding hydrogens is 266 g/mol. The van der Waals surface area contributed by atoms with Gasteiger partial charge in [0.2, 0.25) is 6.79 Å². The van der Waals surface area contributed by atoms with Crippen molar-refractivity contribution >= 4 is 11.6 Å². The van der Waals surface area contributed by atoms with Gasteiger partial charge in [0.05, 0.1) is 5.02 Å². The van der Waals surface area contributed by atoms with Crippen molar-refractivity contribution in [2.45, 2.75) is 0 Å². The van der Waals surface area contributed by atoms with Crippen molar-refractivity contribution in [3.8, 4) is 29.1 Å². The van der Waals surface area contributed by atoms with E-state index in [4.69, 9.17) is 31.1 Å². The lowest BCUT2D eigenvalue weighted by Gasteiger charge is -2.08. The van der Waals surface area contributed by atoms with Gasteiger partial charge in [-0.25, -0.2) is 0 Å². The monoisotopic (exact) mass is 273 g/mol. The van der Waals surface area contributed by atoms with Crippen LogP contribution in [-0.2, 0) is 0 Å². The largest absolute Gasteiger partial charge is 0.456 e. The second kappa shape index (κ2) is 4.71. The zero-order chi connectivity index (χ0) is 13.2. The smallest absolute Gasteiger partial charge is 0.231 e. The van der Waals surface area contributed by atoms with Gasteiger partial charge in [0, 0.05) is 6.07 Å². The molecule has 19 heavy (non-hydrogen) atoms. The summed E-state index contributed by atoms with van der Waals surface area (Å²) in [6, 6.07) is 12.3. The molecule has 4 nitrogen and oxygen atoms in total. The molecule has 3 rings (SSSR count). The molecule has 0 bridgehead atoms. The van der Waals surface area contributed by atoms with Gasteiger partial charge in [0.25, 0.3) is 0 Å². The second-order valence-corrected chi connectivity index (χ2v) is 4.25. The zero-order valence-corrected chi connectivity index (χ0v) is 10.5. The first-order valence-electron chi connectivity index (χ1n) is 5.54. The quantitative estimate of drug-likeness (QED) is 0.836. The normalized spacial score (nSPS) is 12.0. The first-order chi connectivity index (χ1) is 9.28. The van der Waals surface area contributed by atoms with Gasteiger partial charge in [0.15, 0.2) is 11.5 Å². The predicted octanol–water partition coefficient (Wildman–Crippen LogP) is 3.73. The van der Waals surface area contributed by atoms with E-state index in [-0.39, 0.29) is 6.79 Å². The minimum atomic E-state index is 0.208. The molecule has 2 aromatic rings. The maximum Gasteiger partial charge on any atom is 0.231 e. The van der Waals surface area contributed by atoms with Gasteiger partial charge in [0.1, 0.15) is 23.1 Å². The highest BCUT2D eigenvalue weighted by Gasteiger charge is 2.15. The third-order valence-electron chi connectivity index (χ3n) is 2.66. The Morgan fingerprint density at radius 1 is 1.16 bits per heavy atom. The van der Waals surface area contributed by atoms with E-state index in [2.05, 4.69) is 0 Å². The fourth-order valence-corrected chi connectivity index (χ4v) is 1.97. The lowest BCUT2D eigenvalue weighted by Crippen LogP contribution is -1.93. The molecule has 1 aliphatic rings. The van der Waals surface area contributed by atoms with Crippen LogP contribution in [0.4, 0.5) is 0 Å². The third kappa shape index (κ3) is 2.16. The number of fused-ring (bicyclic) bond motifs is 1. The van der Waals surface area contributed by atoms with Crippen LogP contribution in [0.3, 0.4) is 0 Å². The zero-order valence-electron chi connectivity index (χ0n) is 9.72. The fraction of sp³-hybridized carbons (Fsp3) is 0.0714. The molecule has 0 N–H and O–H groups in total. The van der Waals surface area contributed by atoms with Crippen LogP contribution in [0.25, 0.3) is 0 Å². The Bertz CT molecular complexity index is 679. The summed E-state index contributed by atoms with van der Waals surface area (Å²) in [5, 5.41) is 9.43. The summed E-state index contributed by atoms with van der Waals surface area (Å²) in [7, 11) is 0.